The molecule has 1 atom stereocenters. The van der Waals surface area contributed by atoms with Crippen molar-refractivity contribution in [2.24, 2.45) is 14.1 Å². The number of aromatic nitrogens is 2. The molecule has 0 radical (unpaired) electrons. The maximum atomic E-state index is 14.9. The Kier molecular flexibility index (Phi) is 9.58. The van der Waals surface area contributed by atoms with Gasteiger partial charge in [0.2, 0.25) is 0 Å². The van der Waals surface area contributed by atoms with E-state index in [-0.39, 0.29) is 29.6 Å². The highest BCUT2D eigenvalue weighted by Crippen LogP contribution is 2.25. The van der Waals surface area contributed by atoms with Crippen LogP contribution in [0, 0.1) is 18.6 Å². The minimum atomic E-state index is -1.49. The number of halogens is 2. The summed E-state index contributed by atoms with van der Waals surface area (Å²) in [4.78, 5) is 50.1. The monoisotopic (exact) mass is 651 g/mol. The lowest BCUT2D eigenvalue weighted by molar-refractivity contribution is -0.139. The Labute approximate surface area is 266 Å². The number of carboxylic acids is 1. The van der Waals surface area contributed by atoms with Gasteiger partial charge in [0.05, 0.1) is 23.3 Å². The molecule has 0 bridgehead atoms. The maximum Gasteiger partial charge on any atom is 0.326 e. The van der Waals surface area contributed by atoms with Gasteiger partial charge in [-0.15, -0.1) is 0 Å². The Bertz CT molecular complexity index is 1830. The molecule has 3 aromatic carbocycles. The molecular formula is C32H31F2N5O6S. The lowest BCUT2D eigenvalue weighted by Gasteiger charge is -2.16. The second-order valence-electron chi connectivity index (χ2n) is 10.9. The molecule has 14 heteroatoms. The number of carbonyl (C=O) groups excluding carboxylic acids is 2. The van der Waals surface area contributed by atoms with E-state index in [1.54, 1.807) is 67.3 Å². The van der Waals surface area contributed by atoms with Gasteiger partial charge in [-0.05, 0) is 55.2 Å². The summed E-state index contributed by atoms with van der Waals surface area (Å²) < 4.78 is 38.2. The Morgan fingerprint density at radius 3 is 2.15 bits per heavy atom. The summed E-state index contributed by atoms with van der Waals surface area (Å²) in [6, 6.07) is 13.6. The van der Waals surface area contributed by atoms with E-state index in [1.165, 1.54) is 4.68 Å². The number of nitrogens with zero attached hydrogens (tertiary/aromatic N) is 2. The smallest absolute Gasteiger partial charge is 0.326 e. The first-order valence-electron chi connectivity index (χ1n) is 14.3. The van der Waals surface area contributed by atoms with E-state index in [2.05, 4.69) is 16.1 Å². The van der Waals surface area contributed by atoms with Crippen molar-refractivity contribution in [2.75, 3.05) is 5.48 Å². The minimum absolute atomic E-state index is 0.127. The second kappa shape index (κ2) is 13.6. The molecular weight excluding hydrogens is 620 g/mol. The van der Waals surface area contributed by atoms with Crippen LogP contribution in [0.3, 0.4) is 0 Å². The van der Waals surface area contributed by atoms with Crippen LogP contribution in [0.4, 0.5) is 14.5 Å². The average molecular weight is 652 g/mol. The van der Waals surface area contributed by atoms with E-state index in [9.17, 15) is 33.1 Å². The average Bonchev–Trinajstić information content (AvgIpc) is 3.81. The highest BCUT2D eigenvalue weighted by atomic mass is 32.2. The van der Waals surface area contributed by atoms with Crippen molar-refractivity contribution in [2.45, 2.75) is 43.2 Å². The predicted molar refractivity (Wildman–Crippen MR) is 167 cm³/mol. The lowest BCUT2D eigenvalue weighted by Crippen LogP contribution is -2.43. The summed E-state index contributed by atoms with van der Waals surface area (Å²) in [5.74, 6) is -5.26. The number of benzene rings is 3. The first kappa shape index (κ1) is 32.4. The molecule has 4 aromatic rings. The SMILES string of the molecule is Cc1c(-c2ccc(C[C@H](NC(=O)c3c(F)cc(NOSc4ccc(C(=O)NC5CC5)cc4)cc3F)C(=O)O)cc2)c(=O)n(C)n1C. The standard InChI is InChI=1S/C32H31F2N5O6S/c1-17-27(31(42)39(3)38(17)2)19-6-4-18(5-7-19)14-26(32(43)44)36-30(41)28-24(33)15-22(16-25(28)34)37-45-46-23-12-8-20(9-13-23)29(40)35-21-10-11-21/h4-9,12-13,15-16,21,26,37H,10-11,14H2,1-3H3,(H,35,40)(H,36,41)(H,43,44)/t26-/m0/s1. The highest BCUT2D eigenvalue weighted by molar-refractivity contribution is 7.94. The third-order valence-electron chi connectivity index (χ3n) is 7.69. The second-order valence-corrected chi connectivity index (χ2v) is 11.7. The van der Waals surface area contributed by atoms with Crippen molar-refractivity contribution < 1.29 is 32.6 Å². The van der Waals surface area contributed by atoms with Crippen molar-refractivity contribution >= 4 is 35.5 Å². The van der Waals surface area contributed by atoms with Gasteiger partial charge < -0.3 is 15.7 Å². The number of carbonyl (C=O) groups is 3. The van der Waals surface area contributed by atoms with E-state index < -0.39 is 35.1 Å². The quantitative estimate of drug-likeness (QED) is 0.131. The van der Waals surface area contributed by atoms with Crippen molar-refractivity contribution in [3.8, 4) is 11.1 Å². The fourth-order valence-corrected chi connectivity index (χ4v) is 5.25. The molecule has 2 amide bonds. The minimum Gasteiger partial charge on any atom is -0.480 e. The van der Waals surface area contributed by atoms with Gasteiger partial charge in [0.15, 0.2) is 0 Å². The number of amides is 2. The summed E-state index contributed by atoms with van der Waals surface area (Å²) in [6.45, 7) is 1.81. The number of hydrogen-bond donors (Lipinski definition) is 4. The molecule has 1 aromatic heterocycles. The molecule has 1 saturated carbocycles. The third-order valence-corrected chi connectivity index (χ3v) is 8.32. The first-order chi connectivity index (χ1) is 21.9. The summed E-state index contributed by atoms with van der Waals surface area (Å²) >= 11 is 0.849. The number of anilines is 1. The Morgan fingerprint density at radius 2 is 1.61 bits per heavy atom. The van der Waals surface area contributed by atoms with Crippen LogP contribution in [0.5, 0.6) is 0 Å². The molecule has 4 N–H and O–H groups in total. The van der Waals surface area contributed by atoms with Crippen LogP contribution in [0.1, 0.15) is 44.8 Å². The summed E-state index contributed by atoms with van der Waals surface area (Å²) in [5, 5.41) is 14.8. The van der Waals surface area contributed by atoms with Crippen molar-refractivity contribution in [1.82, 2.24) is 20.0 Å². The zero-order chi connectivity index (χ0) is 33.1. The van der Waals surface area contributed by atoms with Crippen molar-refractivity contribution in [3.63, 3.8) is 0 Å². The van der Waals surface area contributed by atoms with Crippen LogP contribution in [0.15, 0.2) is 70.4 Å². The van der Waals surface area contributed by atoms with Gasteiger partial charge in [-0.1, -0.05) is 24.3 Å². The molecule has 1 aliphatic rings. The van der Waals surface area contributed by atoms with E-state index in [0.717, 1.165) is 42.7 Å². The lowest BCUT2D eigenvalue weighted by atomic mass is 10.0. The van der Waals surface area contributed by atoms with Gasteiger partial charge in [0.25, 0.3) is 17.4 Å². The summed E-state index contributed by atoms with van der Waals surface area (Å²) in [5.41, 5.74) is 4.06. The van der Waals surface area contributed by atoms with Crippen LogP contribution >= 0.6 is 12.0 Å². The molecule has 5 rings (SSSR count). The molecule has 11 nitrogen and oxygen atoms in total. The van der Waals surface area contributed by atoms with E-state index in [1.807, 2.05) is 6.92 Å². The van der Waals surface area contributed by atoms with Gasteiger partial charge in [-0.25, -0.2) is 13.6 Å². The molecule has 0 spiro atoms. The number of rotatable bonds is 12. The van der Waals surface area contributed by atoms with Gasteiger partial charge in [0.1, 0.15) is 23.2 Å². The molecule has 0 saturated heterocycles. The Balaban J connectivity index is 1.19. The van der Waals surface area contributed by atoms with Crippen LogP contribution in [0.2, 0.25) is 0 Å². The van der Waals surface area contributed by atoms with Crippen LogP contribution in [-0.2, 0) is 29.6 Å². The fourth-order valence-electron chi connectivity index (χ4n) is 4.77. The molecule has 1 fully saturated rings. The molecule has 1 heterocycles. The van der Waals surface area contributed by atoms with E-state index in [0.29, 0.717) is 27.1 Å². The zero-order valence-corrected chi connectivity index (χ0v) is 25.9. The zero-order valence-electron chi connectivity index (χ0n) is 25.1. The number of aliphatic carboxylic acids is 1. The van der Waals surface area contributed by atoms with Crippen LogP contribution < -0.4 is 21.7 Å². The van der Waals surface area contributed by atoms with E-state index in [4.69, 9.17) is 4.28 Å². The first-order valence-corrected chi connectivity index (χ1v) is 15.0. The Hall–Kier alpha value is -4.95. The van der Waals surface area contributed by atoms with Crippen LogP contribution in [0.25, 0.3) is 11.1 Å². The third kappa shape index (κ3) is 7.29. The number of hydrogen-bond acceptors (Lipinski definition) is 7. The number of nitrogens with one attached hydrogen (secondary N) is 3. The van der Waals surface area contributed by atoms with Crippen molar-refractivity contribution in [3.05, 3.63) is 105 Å². The Morgan fingerprint density at radius 1 is 0.978 bits per heavy atom. The fraction of sp³-hybridized carbons (Fsp3) is 0.250. The molecule has 46 heavy (non-hydrogen) atoms. The summed E-state index contributed by atoms with van der Waals surface area (Å²) in [7, 11) is 3.41. The molecule has 0 unspecified atom stereocenters. The summed E-state index contributed by atoms with van der Waals surface area (Å²) in [6.07, 6.45) is 1.78. The van der Waals surface area contributed by atoms with Gasteiger partial charge in [-0.3, -0.25) is 29.2 Å². The number of carboxylic acid groups (broad SMARTS) is 1. The predicted octanol–water partition coefficient (Wildman–Crippen LogP) is 4.35. The highest BCUT2D eigenvalue weighted by Gasteiger charge is 2.26. The molecule has 1 aliphatic carbocycles. The topological polar surface area (TPSA) is 144 Å². The van der Waals surface area contributed by atoms with Gasteiger partial charge in [0, 0.05) is 54.8 Å². The largest absolute Gasteiger partial charge is 0.480 e. The van der Waals surface area contributed by atoms with Crippen LogP contribution in [-0.4, -0.2) is 44.3 Å². The normalized spacial score (nSPS) is 13.2. The van der Waals surface area contributed by atoms with Crippen molar-refractivity contribution in [1.29, 1.82) is 0 Å². The maximum absolute atomic E-state index is 14.9. The van der Waals surface area contributed by atoms with E-state index >= 15 is 0 Å². The van der Waals surface area contributed by atoms with Gasteiger partial charge >= 0.3 is 5.97 Å². The molecule has 240 valence electrons. The van der Waals surface area contributed by atoms with Gasteiger partial charge in [-0.2, -0.15) is 4.28 Å². The molecule has 0 aliphatic heterocycles.